The zero-order valence-electron chi connectivity index (χ0n) is 9.39. The second kappa shape index (κ2) is 5.66. The summed E-state index contributed by atoms with van der Waals surface area (Å²) in [5.41, 5.74) is 0.954. The Kier molecular flexibility index (Phi) is 3.96. The van der Waals surface area contributed by atoms with Gasteiger partial charge in [-0.3, -0.25) is 0 Å². The van der Waals surface area contributed by atoms with Gasteiger partial charge in [0.05, 0.1) is 6.54 Å². The summed E-state index contributed by atoms with van der Waals surface area (Å²) in [4.78, 5) is 10.6. The number of halogens is 1. The van der Waals surface area contributed by atoms with Gasteiger partial charge in [-0.25, -0.2) is 4.79 Å². The fourth-order valence-electron chi connectivity index (χ4n) is 1.47. The molecule has 94 valence electrons. The minimum Gasteiger partial charge on any atom is -0.476 e. The smallest absolute Gasteiger partial charge is 0.358 e. The molecule has 5 nitrogen and oxygen atoms in total. The minimum absolute atomic E-state index is 0.0884. The number of nitrogens with one attached hydrogen (secondary N) is 1. The zero-order chi connectivity index (χ0) is 13.0. The largest absolute Gasteiger partial charge is 0.476 e. The van der Waals surface area contributed by atoms with Crippen molar-refractivity contribution in [2.75, 3.05) is 0 Å². The first-order valence-corrected chi connectivity index (χ1v) is 5.67. The molecule has 0 saturated carbocycles. The third kappa shape index (κ3) is 3.32. The van der Waals surface area contributed by atoms with Gasteiger partial charge in [0.1, 0.15) is 0 Å². The van der Waals surface area contributed by atoms with Gasteiger partial charge in [-0.15, -0.1) is 0 Å². The molecule has 1 aromatic carbocycles. The molecular formula is C12H11ClN2O3. The lowest BCUT2D eigenvalue weighted by atomic mass is 10.2. The molecule has 18 heavy (non-hydrogen) atoms. The van der Waals surface area contributed by atoms with Crippen molar-refractivity contribution in [3.05, 3.63) is 52.4 Å². The average molecular weight is 267 g/mol. The first-order valence-electron chi connectivity index (χ1n) is 5.29. The van der Waals surface area contributed by atoms with Crippen molar-refractivity contribution in [2.24, 2.45) is 0 Å². The lowest BCUT2D eigenvalue weighted by molar-refractivity contribution is 0.0685. The SMILES string of the molecule is O=C(O)c1cc(CNCc2cccc(Cl)c2)on1. The molecule has 0 aliphatic carbocycles. The highest BCUT2D eigenvalue weighted by Crippen LogP contribution is 2.10. The van der Waals surface area contributed by atoms with Crippen LogP contribution in [-0.4, -0.2) is 16.2 Å². The van der Waals surface area contributed by atoms with E-state index in [4.69, 9.17) is 21.2 Å². The van der Waals surface area contributed by atoms with Crippen molar-refractivity contribution in [1.82, 2.24) is 10.5 Å². The maximum absolute atomic E-state index is 10.6. The summed E-state index contributed by atoms with van der Waals surface area (Å²) in [6.07, 6.45) is 0. The number of carboxylic acid groups (broad SMARTS) is 1. The van der Waals surface area contributed by atoms with Crippen LogP contribution in [0.4, 0.5) is 0 Å². The second-order valence-electron chi connectivity index (χ2n) is 3.72. The van der Waals surface area contributed by atoms with E-state index in [1.807, 2.05) is 18.2 Å². The Morgan fingerprint density at radius 1 is 1.39 bits per heavy atom. The Labute approximate surface area is 108 Å². The van der Waals surface area contributed by atoms with Crippen molar-refractivity contribution in [3.63, 3.8) is 0 Å². The number of hydrogen-bond donors (Lipinski definition) is 2. The number of carboxylic acids is 1. The molecule has 1 heterocycles. The van der Waals surface area contributed by atoms with Gasteiger partial charge in [-0.1, -0.05) is 28.9 Å². The lowest BCUT2D eigenvalue weighted by Crippen LogP contribution is -2.12. The van der Waals surface area contributed by atoms with Gasteiger partial charge in [-0.2, -0.15) is 0 Å². The number of aromatic nitrogens is 1. The van der Waals surface area contributed by atoms with E-state index in [-0.39, 0.29) is 5.69 Å². The summed E-state index contributed by atoms with van der Waals surface area (Å²) in [7, 11) is 0. The van der Waals surface area contributed by atoms with Crippen LogP contribution in [0.3, 0.4) is 0 Å². The standard InChI is InChI=1S/C12H11ClN2O3/c13-9-3-1-2-8(4-9)6-14-7-10-5-11(12(16)17)15-18-10/h1-5,14H,6-7H2,(H,16,17). The molecule has 0 aliphatic heterocycles. The molecule has 0 amide bonds. The third-order valence-electron chi connectivity index (χ3n) is 2.30. The Hall–Kier alpha value is -1.85. The fraction of sp³-hybridized carbons (Fsp3) is 0.167. The topological polar surface area (TPSA) is 75.4 Å². The van der Waals surface area contributed by atoms with E-state index in [0.29, 0.717) is 23.9 Å². The molecule has 0 aliphatic rings. The second-order valence-corrected chi connectivity index (χ2v) is 4.15. The maximum atomic E-state index is 10.6. The molecule has 2 aromatic rings. The molecule has 2 rings (SSSR count). The van der Waals surface area contributed by atoms with Crippen LogP contribution in [0.5, 0.6) is 0 Å². The molecule has 0 fully saturated rings. The van der Waals surface area contributed by atoms with E-state index < -0.39 is 5.97 Å². The Bertz CT molecular complexity index is 554. The predicted octanol–water partition coefficient (Wildman–Crippen LogP) is 2.32. The predicted molar refractivity (Wildman–Crippen MR) is 65.5 cm³/mol. The van der Waals surface area contributed by atoms with Crippen LogP contribution in [0.25, 0.3) is 0 Å². The van der Waals surface area contributed by atoms with Crippen LogP contribution < -0.4 is 5.32 Å². The number of benzene rings is 1. The van der Waals surface area contributed by atoms with E-state index in [2.05, 4.69) is 10.5 Å². The normalized spacial score (nSPS) is 10.5. The van der Waals surface area contributed by atoms with Crippen molar-refractivity contribution in [2.45, 2.75) is 13.1 Å². The van der Waals surface area contributed by atoms with Crippen molar-refractivity contribution >= 4 is 17.6 Å². The van der Waals surface area contributed by atoms with E-state index in [0.717, 1.165) is 5.56 Å². The average Bonchev–Trinajstić information content (AvgIpc) is 2.78. The number of aromatic carboxylic acids is 1. The van der Waals surface area contributed by atoms with Crippen LogP contribution >= 0.6 is 11.6 Å². The Morgan fingerprint density at radius 3 is 2.89 bits per heavy atom. The van der Waals surface area contributed by atoms with Gasteiger partial charge in [0.15, 0.2) is 11.5 Å². The molecule has 0 bridgehead atoms. The van der Waals surface area contributed by atoms with E-state index in [1.165, 1.54) is 6.07 Å². The highest BCUT2D eigenvalue weighted by atomic mass is 35.5. The van der Waals surface area contributed by atoms with Crippen molar-refractivity contribution in [3.8, 4) is 0 Å². The van der Waals surface area contributed by atoms with E-state index >= 15 is 0 Å². The lowest BCUT2D eigenvalue weighted by Gasteiger charge is -2.02. The van der Waals surface area contributed by atoms with Crippen molar-refractivity contribution < 1.29 is 14.4 Å². The monoisotopic (exact) mass is 266 g/mol. The highest BCUT2D eigenvalue weighted by molar-refractivity contribution is 6.30. The Morgan fingerprint density at radius 2 is 2.22 bits per heavy atom. The van der Waals surface area contributed by atoms with Gasteiger partial charge in [-0.05, 0) is 17.7 Å². The number of carbonyl (C=O) groups is 1. The molecule has 2 N–H and O–H groups in total. The van der Waals surface area contributed by atoms with Gasteiger partial charge in [0.2, 0.25) is 0 Å². The van der Waals surface area contributed by atoms with Crippen LogP contribution in [0, 0.1) is 0 Å². The third-order valence-corrected chi connectivity index (χ3v) is 2.53. The number of nitrogens with zero attached hydrogens (tertiary/aromatic N) is 1. The molecule has 0 atom stereocenters. The molecule has 6 heteroatoms. The summed E-state index contributed by atoms with van der Waals surface area (Å²) in [5, 5.41) is 15.9. The summed E-state index contributed by atoms with van der Waals surface area (Å²) in [5.74, 6) is -0.616. The van der Waals surface area contributed by atoms with Gasteiger partial charge in [0.25, 0.3) is 0 Å². The molecule has 0 unspecified atom stereocenters. The first kappa shape index (κ1) is 12.6. The molecule has 0 spiro atoms. The molecule has 1 aromatic heterocycles. The zero-order valence-corrected chi connectivity index (χ0v) is 10.1. The Balaban J connectivity index is 1.86. The summed E-state index contributed by atoms with van der Waals surface area (Å²) in [6.45, 7) is 1.02. The number of rotatable bonds is 5. The van der Waals surface area contributed by atoms with Crippen LogP contribution in [0.1, 0.15) is 21.8 Å². The highest BCUT2D eigenvalue weighted by Gasteiger charge is 2.09. The van der Waals surface area contributed by atoms with Gasteiger partial charge < -0.3 is 14.9 Å². The van der Waals surface area contributed by atoms with Gasteiger partial charge >= 0.3 is 5.97 Å². The quantitative estimate of drug-likeness (QED) is 0.869. The number of hydrogen-bond acceptors (Lipinski definition) is 4. The molecule has 0 radical (unpaired) electrons. The summed E-state index contributed by atoms with van der Waals surface area (Å²) >= 11 is 5.86. The maximum Gasteiger partial charge on any atom is 0.358 e. The summed E-state index contributed by atoms with van der Waals surface area (Å²) in [6, 6.07) is 8.88. The first-order chi connectivity index (χ1) is 8.65. The molecule has 0 saturated heterocycles. The minimum atomic E-state index is -1.10. The van der Waals surface area contributed by atoms with E-state index in [9.17, 15) is 4.79 Å². The molecular weight excluding hydrogens is 256 g/mol. The fourth-order valence-corrected chi connectivity index (χ4v) is 1.69. The van der Waals surface area contributed by atoms with Gasteiger partial charge in [0, 0.05) is 17.6 Å². The van der Waals surface area contributed by atoms with E-state index in [1.54, 1.807) is 6.07 Å². The van der Waals surface area contributed by atoms with Crippen LogP contribution in [0.2, 0.25) is 5.02 Å². The van der Waals surface area contributed by atoms with Crippen molar-refractivity contribution in [1.29, 1.82) is 0 Å². The van der Waals surface area contributed by atoms with Crippen LogP contribution in [-0.2, 0) is 13.1 Å². The van der Waals surface area contributed by atoms with Crippen LogP contribution in [0.15, 0.2) is 34.9 Å². The summed E-state index contributed by atoms with van der Waals surface area (Å²) < 4.78 is 4.87.